The summed E-state index contributed by atoms with van der Waals surface area (Å²) in [5.74, 6) is -0.960. The second-order valence-electron chi connectivity index (χ2n) is 6.00. The molecular formula is C19H16N6O6. The van der Waals surface area contributed by atoms with Crippen LogP contribution in [0.3, 0.4) is 0 Å². The van der Waals surface area contributed by atoms with Gasteiger partial charge in [-0.2, -0.15) is 0 Å². The lowest BCUT2D eigenvalue weighted by molar-refractivity contribution is -0.384. The maximum absolute atomic E-state index is 12.2. The molecule has 1 heterocycles. The number of ether oxygens (including phenoxy) is 1. The molecule has 2 N–H and O–H groups in total. The molecule has 0 saturated carbocycles. The number of carbonyl (C=O) groups excluding carboxylic acids is 1. The number of anilines is 4. The van der Waals surface area contributed by atoms with Crippen LogP contribution in [0.1, 0.15) is 17.3 Å². The van der Waals surface area contributed by atoms with Crippen LogP contribution in [-0.4, -0.2) is 32.4 Å². The molecule has 2 aromatic carbocycles. The fourth-order valence-electron chi connectivity index (χ4n) is 2.68. The lowest BCUT2D eigenvalue weighted by Gasteiger charge is -2.12. The van der Waals surface area contributed by atoms with Crippen molar-refractivity contribution in [1.82, 2.24) is 9.97 Å². The van der Waals surface area contributed by atoms with E-state index in [-0.39, 0.29) is 40.9 Å². The van der Waals surface area contributed by atoms with Crippen molar-refractivity contribution < 1.29 is 19.4 Å². The number of nitro groups is 2. The highest BCUT2D eigenvalue weighted by Gasteiger charge is 2.25. The van der Waals surface area contributed by atoms with Crippen LogP contribution in [-0.2, 0) is 4.74 Å². The van der Waals surface area contributed by atoms with Crippen LogP contribution in [0.5, 0.6) is 0 Å². The average Bonchev–Trinajstić information content (AvgIpc) is 2.74. The van der Waals surface area contributed by atoms with Crippen molar-refractivity contribution in [3.63, 3.8) is 0 Å². The van der Waals surface area contributed by atoms with Gasteiger partial charge in [-0.15, -0.1) is 0 Å². The average molecular weight is 424 g/mol. The number of non-ortho nitro benzene ring substituents is 1. The van der Waals surface area contributed by atoms with Crippen molar-refractivity contribution in [3.05, 3.63) is 80.7 Å². The van der Waals surface area contributed by atoms with Gasteiger partial charge < -0.3 is 15.4 Å². The van der Waals surface area contributed by atoms with E-state index in [1.807, 2.05) is 0 Å². The Labute approximate surface area is 175 Å². The van der Waals surface area contributed by atoms with Gasteiger partial charge in [0.25, 0.3) is 5.69 Å². The molecule has 158 valence electrons. The summed E-state index contributed by atoms with van der Waals surface area (Å²) >= 11 is 0. The minimum absolute atomic E-state index is 0.165. The quantitative estimate of drug-likeness (QED) is 0.307. The molecule has 12 heteroatoms. The highest BCUT2D eigenvalue weighted by molar-refractivity contribution is 5.97. The third kappa shape index (κ3) is 4.87. The van der Waals surface area contributed by atoms with Crippen molar-refractivity contribution in [3.8, 4) is 0 Å². The number of nitro benzene ring substituents is 1. The number of aromatic nitrogens is 2. The molecule has 0 amide bonds. The van der Waals surface area contributed by atoms with Crippen molar-refractivity contribution in [2.75, 3.05) is 17.2 Å². The monoisotopic (exact) mass is 424 g/mol. The number of rotatable bonds is 8. The topological polar surface area (TPSA) is 162 Å². The standard InChI is InChI=1S/C19H16N6O6/c1-2-31-19(26)14-8-3-4-9-15(14)23-18-16(25(29)30)17(20-11-21-18)22-12-6-5-7-13(10-12)24(27)28/h3-11H,2H2,1H3,(H2,20,21,22,23). The van der Waals surface area contributed by atoms with Crippen LogP contribution in [0.15, 0.2) is 54.9 Å². The molecule has 0 bridgehead atoms. The summed E-state index contributed by atoms with van der Waals surface area (Å²) in [5.41, 5.74) is -0.0422. The van der Waals surface area contributed by atoms with Crippen molar-refractivity contribution in [2.24, 2.45) is 0 Å². The smallest absolute Gasteiger partial charge is 0.353 e. The predicted octanol–water partition coefficient (Wildman–Crippen LogP) is 3.96. The summed E-state index contributed by atoms with van der Waals surface area (Å²) in [6, 6.07) is 11.8. The van der Waals surface area contributed by atoms with Gasteiger partial charge >= 0.3 is 11.7 Å². The summed E-state index contributed by atoms with van der Waals surface area (Å²) in [7, 11) is 0. The van der Waals surface area contributed by atoms with E-state index in [2.05, 4.69) is 20.6 Å². The number of hydrogen-bond acceptors (Lipinski definition) is 10. The van der Waals surface area contributed by atoms with Gasteiger partial charge in [-0.25, -0.2) is 14.8 Å². The Morgan fingerprint density at radius 2 is 1.71 bits per heavy atom. The maximum atomic E-state index is 12.2. The van der Waals surface area contributed by atoms with E-state index in [1.54, 1.807) is 25.1 Å². The van der Waals surface area contributed by atoms with Gasteiger partial charge in [0.15, 0.2) is 0 Å². The van der Waals surface area contributed by atoms with E-state index in [4.69, 9.17) is 4.74 Å². The maximum Gasteiger partial charge on any atom is 0.353 e. The Morgan fingerprint density at radius 1 is 1.00 bits per heavy atom. The zero-order valence-electron chi connectivity index (χ0n) is 16.1. The first kappa shape index (κ1) is 21.1. The molecule has 1 aromatic heterocycles. The van der Waals surface area contributed by atoms with Gasteiger partial charge in [-0.05, 0) is 25.1 Å². The zero-order valence-corrected chi connectivity index (χ0v) is 16.1. The first-order valence-corrected chi connectivity index (χ1v) is 8.94. The Kier molecular flexibility index (Phi) is 6.30. The lowest BCUT2D eigenvalue weighted by atomic mass is 10.1. The molecule has 3 aromatic rings. The molecule has 0 aliphatic carbocycles. The normalized spacial score (nSPS) is 10.2. The number of hydrogen-bond donors (Lipinski definition) is 2. The van der Waals surface area contributed by atoms with E-state index in [1.165, 1.54) is 30.3 Å². The molecule has 0 fully saturated rings. The van der Waals surface area contributed by atoms with Gasteiger partial charge in [0.2, 0.25) is 11.6 Å². The molecule has 0 atom stereocenters. The minimum atomic E-state index is -0.699. The van der Waals surface area contributed by atoms with Crippen molar-refractivity contribution in [2.45, 2.75) is 6.92 Å². The van der Waals surface area contributed by atoms with Crippen LogP contribution in [0.4, 0.5) is 34.4 Å². The molecule has 12 nitrogen and oxygen atoms in total. The minimum Gasteiger partial charge on any atom is -0.462 e. The van der Waals surface area contributed by atoms with Gasteiger partial charge in [0.05, 0.1) is 27.7 Å². The van der Waals surface area contributed by atoms with Crippen molar-refractivity contribution >= 4 is 40.4 Å². The second-order valence-corrected chi connectivity index (χ2v) is 6.00. The van der Waals surface area contributed by atoms with Crippen LogP contribution in [0.25, 0.3) is 0 Å². The van der Waals surface area contributed by atoms with Gasteiger partial charge in [-0.1, -0.05) is 18.2 Å². The molecular weight excluding hydrogens is 408 g/mol. The fraction of sp³-hybridized carbons (Fsp3) is 0.105. The first-order chi connectivity index (χ1) is 14.9. The van der Waals surface area contributed by atoms with Crippen molar-refractivity contribution in [1.29, 1.82) is 0 Å². The van der Waals surface area contributed by atoms with E-state index in [9.17, 15) is 25.0 Å². The SMILES string of the molecule is CCOC(=O)c1ccccc1Nc1ncnc(Nc2cccc([N+](=O)[O-])c2)c1[N+](=O)[O-]. The summed E-state index contributed by atoms with van der Waals surface area (Å²) in [5, 5.41) is 28.2. The van der Waals surface area contributed by atoms with E-state index < -0.39 is 21.5 Å². The number of para-hydroxylation sites is 1. The molecule has 0 aliphatic rings. The summed E-state index contributed by atoms with van der Waals surface area (Å²) < 4.78 is 5.00. The number of carbonyl (C=O) groups is 1. The molecule has 0 radical (unpaired) electrons. The Hall–Kier alpha value is -4.61. The summed E-state index contributed by atoms with van der Waals surface area (Å²) in [6.45, 7) is 1.83. The molecule has 3 rings (SSSR count). The largest absolute Gasteiger partial charge is 0.462 e. The molecule has 0 unspecified atom stereocenters. The third-order valence-corrected chi connectivity index (χ3v) is 4.00. The number of esters is 1. The fourth-order valence-corrected chi connectivity index (χ4v) is 2.68. The molecule has 0 aliphatic heterocycles. The Balaban J connectivity index is 1.99. The second kappa shape index (κ2) is 9.26. The summed E-state index contributed by atoms with van der Waals surface area (Å²) in [4.78, 5) is 41.4. The number of benzene rings is 2. The lowest BCUT2D eigenvalue weighted by Crippen LogP contribution is -2.10. The molecule has 0 saturated heterocycles. The summed E-state index contributed by atoms with van der Waals surface area (Å²) in [6.07, 6.45) is 1.09. The van der Waals surface area contributed by atoms with Gasteiger partial charge in [0.1, 0.15) is 6.33 Å². The third-order valence-electron chi connectivity index (χ3n) is 4.00. The number of nitrogens with one attached hydrogen (secondary N) is 2. The van der Waals surface area contributed by atoms with E-state index in [0.717, 1.165) is 6.33 Å². The van der Waals surface area contributed by atoms with E-state index in [0.29, 0.717) is 0 Å². The Bertz CT molecular complexity index is 1150. The first-order valence-electron chi connectivity index (χ1n) is 8.94. The highest BCUT2D eigenvalue weighted by Crippen LogP contribution is 2.34. The van der Waals surface area contributed by atoms with Gasteiger partial charge in [0, 0.05) is 17.8 Å². The predicted molar refractivity (Wildman–Crippen MR) is 111 cm³/mol. The zero-order chi connectivity index (χ0) is 22.4. The highest BCUT2D eigenvalue weighted by atomic mass is 16.6. The van der Waals surface area contributed by atoms with E-state index >= 15 is 0 Å². The van der Waals surface area contributed by atoms with Crippen LogP contribution in [0.2, 0.25) is 0 Å². The number of nitrogens with zero attached hydrogens (tertiary/aromatic N) is 4. The van der Waals surface area contributed by atoms with Crippen LogP contribution >= 0.6 is 0 Å². The molecule has 31 heavy (non-hydrogen) atoms. The van der Waals surface area contributed by atoms with Crippen LogP contribution in [0, 0.1) is 20.2 Å². The van der Waals surface area contributed by atoms with Crippen LogP contribution < -0.4 is 10.6 Å². The van der Waals surface area contributed by atoms with Gasteiger partial charge in [-0.3, -0.25) is 20.2 Å². The Morgan fingerprint density at radius 3 is 2.39 bits per heavy atom. The molecule has 0 spiro atoms.